The van der Waals surface area contributed by atoms with Crippen molar-refractivity contribution in [2.45, 2.75) is 6.92 Å². The molecule has 0 unspecified atom stereocenters. The van der Waals surface area contributed by atoms with E-state index in [1.807, 2.05) is 24.6 Å². The number of ether oxygens (including phenoxy) is 2. The number of esters is 1. The maximum atomic E-state index is 12.0. The summed E-state index contributed by atoms with van der Waals surface area (Å²) in [7, 11) is 4.58. The minimum atomic E-state index is -0.868. The predicted octanol–water partition coefficient (Wildman–Crippen LogP) is 1.85. The van der Waals surface area contributed by atoms with E-state index in [1.165, 1.54) is 7.11 Å². The van der Waals surface area contributed by atoms with Gasteiger partial charge in [-0.2, -0.15) is 0 Å². The largest absolute Gasteiger partial charge is 0.497 e. The van der Waals surface area contributed by atoms with Gasteiger partial charge in [0.1, 0.15) is 5.75 Å². The lowest BCUT2D eigenvalue weighted by molar-refractivity contribution is -0.135. The molecule has 5 nitrogen and oxygen atoms in total. The van der Waals surface area contributed by atoms with Crippen molar-refractivity contribution in [3.05, 3.63) is 29.5 Å². The van der Waals surface area contributed by atoms with E-state index in [2.05, 4.69) is 4.74 Å². The fourth-order valence-corrected chi connectivity index (χ4v) is 2.25. The van der Waals surface area contributed by atoms with Gasteiger partial charge in [-0.15, -0.1) is 0 Å². The van der Waals surface area contributed by atoms with E-state index in [1.54, 1.807) is 19.4 Å². The first-order valence-electron chi connectivity index (χ1n) is 5.76. The molecule has 0 bridgehead atoms. The second kappa shape index (κ2) is 4.76. The van der Waals surface area contributed by atoms with E-state index in [-0.39, 0.29) is 0 Å². The van der Waals surface area contributed by atoms with Gasteiger partial charge in [-0.3, -0.25) is 4.79 Å². The van der Waals surface area contributed by atoms with Crippen LogP contribution in [0.4, 0.5) is 0 Å². The van der Waals surface area contributed by atoms with Crippen molar-refractivity contribution < 1.29 is 19.1 Å². The molecule has 1 aromatic carbocycles. The lowest BCUT2D eigenvalue weighted by Gasteiger charge is -2.05. The van der Waals surface area contributed by atoms with Crippen LogP contribution >= 0.6 is 0 Å². The van der Waals surface area contributed by atoms with Gasteiger partial charge in [-0.1, -0.05) is 0 Å². The first kappa shape index (κ1) is 13.1. The quantitative estimate of drug-likeness (QED) is 0.480. The smallest absolute Gasteiger partial charge is 0.379 e. The van der Waals surface area contributed by atoms with Gasteiger partial charge < -0.3 is 14.0 Å². The van der Waals surface area contributed by atoms with Gasteiger partial charge in [0.05, 0.1) is 25.3 Å². The fraction of sp³-hybridized carbons (Fsp3) is 0.286. The van der Waals surface area contributed by atoms with Crippen LogP contribution in [0.25, 0.3) is 10.9 Å². The average Bonchev–Trinajstić information content (AvgIpc) is 2.74. The third kappa shape index (κ3) is 2.07. The highest BCUT2D eigenvalue weighted by molar-refractivity contribution is 6.43. The molecule has 0 N–H and O–H groups in total. The maximum absolute atomic E-state index is 12.0. The number of aromatic nitrogens is 1. The lowest BCUT2D eigenvalue weighted by atomic mass is 10.1. The molecular formula is C14H15NO4. The highest BCUT2D eigenvalue weighted by Crippen LogP contribution is 2.29. The van der Waals surface area contributed by atoms with Gasteiger partial charge in [0.2, 0.25) is 0 Å². The Balaban J connectivity index is 2.72. The number of hydrogen-bond donors (Lipinski definition) is 0. The molecule has 19 heavy (non-hydrogen) atoms. The summed E-state index contributed by atoms with van der Waals surface area (Å²) < 4.78 is 11.5. The average molecular weight is 261 g/mol. The summed E-state index contributed by atoms with van der Waals surface area (Å²) in [5.41, 5.74) is 2.19. The molecule has 0 radical (unpaired) electrons. The SMILES string of the molecule is COC(=O)C(=O)c1cn(C)c2c(C)cc(OC)cc12. The van der Waals surface area contributed by atoms with E-state index in [9.17, 15) is 9.59 Å². The molecule has 2 rings (SSSR count). The number of Topliss-reactive ketones (excluding diaryl/α,β-unsaturated/α-hetero) is 1. The minimum absolute atomic E-state index is 0.325. The Morgan fingerprint density at radius 1 is 1.21 bits per heavy atom. The molecule has 100 valence electrons. The van der Waals surface area contributed by atoms with Crippen LogP contribution in [0.3, 0.4) is 0 Å². The fourth-order valence-electron chi connectivity index (χ4n) is 2.25. The van der Waals surface area contributed by atoms with E-state index < -0.39 is 11.8 Å². The van der Waals surface area contributed by atoms with Crippen molar-refractivity contribution in [2.75, 3.05) is 14.2 Å². The molecule has 0 aliphatic heterocycles. The number of fused-ring (bicyclic) bond motifs is 1. The van der Waals surface area contributed by atoms with Crippen molar-refractivity contribution in [3.8, 4) is 5.75 Å². The summed E-state index contributed by atoms with van der Waals surface area (Å²) in [6, 6.07) is 3.63. The number of benzene rings is 1. The van der Waals surface area contributed by atoms with Crippen LogP contribution in [0, 0.1) is 6.92 Å². The van der Waals surface area contributed by atoms with Gasteiger partial charge in [0, 0.05) is 18.6 Å². The normalized spacial score (nSPS) is 10.5. The summed E-state index contributed by atoms with van der Waals surface area (Å²) >= 11 is 0. The number of nitrogens with zero attached hydrogens (tertiary/aromatic N) is 1. The van der Waals surface area contributed by atoms with E-state index >= 15 is 0 Å². The monoisotopic (exact) mass is 261 g/mol. The van der Waals surface area contributed by atoms with Gasteiger partial charge >= 0.3 is 5.97 Å². The number of hydrogen-bond acceptors (Lipinski definition) is 4. The Hall–Kier alpha value is -2.30. The predicted molar refractivity (Wildman–Crippen MR) is 70.6 cm³/mol. The summed E-state index contributed by atoms with van der Waals surface area (Å²) in [4.78, 5) is 23.4. The Bertz CT molecular complexity index is 670. The second-order valence-corrected chi connectivity index (χ2v) is 4.31. The van der Waals surface area contributed by atoms with E-state index in [0.29, 0.717) is 16.7 Å². The Kier molecular flexibility index (Phi) is 3.29. The summed E-state index contributed by atoms with van der Waals surface area (Å²) in [5.74, 6) is -0.871. The van der Waals surface area contributed by atoms with Crippen molar-refractivity contribution in [2.24, 2.45) is 7.05 Å². The summed E-state index contributed by atoms with van der Waals surface area (Å²) in [6.07, 6.45) is 1.64. The third-order valence-electron chi connectivity index (χ3n) is 3.09. The molecule has 0 spiro atoms. The summed E-state index contributed by atoms with van der Waals surface area (Å²) in [6.45, 7) is 1.93. The first-order chi connectivity index (χ1) is 8.99. The number of rotatable bonds is 3. The molecule has 1 aromatic heterocycles. The molecule has 0 atom stereocenters. The highest BCUT2D eigenvalue weighted by Gasteiger charge is 2.22. The number of aryl methyl sites for hydroxylation is 2. The zero-order valence-corrected chi connectivity index (χ0v) is 11.3. The Morgan fingerprint density at radius 2 is 1.89 bits per heavy atom. The molecule has 2 aromatic rings. The van der Waals surface area contributed by atoms with Crippen LogP contribution in [0.15, 0.2) is 18.3 Å². The van der Waals surface area contributed by atoms with Gasteiger partial charge in [0.25, 0.3) is 5.78 Å². The third-order valence-corrected chi connectivity index (χ3v) is 3.09. The van der Waals surface area contributed by atoms with Crippen molar-refractivity contribution >= 4 is 22.7 Å². The molecular weight excluding hydrogens is 246 g/mol. The molecule has 0 aliphatic rings. The number of methoxy groups -OCH3 is 2. The highest BCUT2D eigenvalue weighted by atomic mass is 16.5. The molecule has 0 saturated heterocycles. The summed E-state index contributed by atoms with van der Waals surface area (Å²) in [5, 5.41) is 0.690. The number of carbonyl (C=O) groups is 2. The first-order valence-corrected chi connectivity index (χ1v) is 5.76. The molecule has 0 saturated carbocycles. The van der Waals surface area contributed by atoms with Crippen LogP contribution in [0.5, 0.6) is 5.75 Å². The molecule has 0 aliphatic carbocycles. The van der Waals surface area contributed by atoms with Gasteiger partial charge in [-0.25, -0.2) is 4.79 Å². The van der Waals surface area contributed by atoms with Crippen molar-refractivity contribution in [1.29, 1.82) is 0 Å². The molecule has 1 heterocycles. The Labute approximate surface area is 110 Å². The van der Waals surface area contributed by atoms with Crippen LogP contribution in [0.2, 0.25) is 0 Å². The van der Waals surface area contributed by atoms with Gasteiger partial charge in [-0.05, 0) is 24.6 Å². The van der Waals surface area contributed by atoms with Crippen LogP contribution < -0.4 is 4.74 Å². The van der Waals surface area contributed by atoms with Crippen LogP contribution in [-0.4, -0.2) is 30.5 Å². The van der Waals surface area contributed by atoms with Crippen molar-refractivity contribution in [3.63, 3.8) is 0 Å². The lowest BCUT2D eigenvalue weighted by Crippen LogP contribution is -2.15. The zero-order chi connectivity index (χ0) is 14.2. The number of ketones is 1. The molecule has 0 fully saturated rings. The molecule has 5 heteroatoms. The van der Waals surface area contributed by atoms with E-state index in [0.717, 1.165) is 11.1 Å². The van der Waals surface area contributed by atoms with E-state index in [4.69, 9.17) is 4.74 Å². The maximum Gasteiger partial charge on any atom is 0.379 e. The van der Waals surface area contributed by atoms with Crippen molar-refractivity contribution in [1.82, 2.24) is 4.57 Å². The second-order valence-electron chi connectivity index (χ2n) is 4.31. The van der Waals surface area contributed by atoms with Gasteiger partial charge in [0.15, 0.2) is 0 Å². The van der Waals surface area contributed by atoms with Crippen LogP contribution in [-0.2, 0) is 16.6 Å². The number of carbonyl (C=O) groups excluding carboxylic acids is 2. The van der Waals surface area contributed by atoms with Crippen LogP contribution in [0.1, 0.15) is 15.9 Å². The topological polar surface area (TPSA) is 57.5 Å². The molecule has 0 amide bonds. The Morgan fingerprint density at radius 3 is 2.47 bits per heavy atom. The zero-order valence-electron chi connectivity index (χ0n) is 11.3. The minimum Gasteiger partial charge on any atom is -0.497 e. The standard InChI is InChI=1S/C14H15NO4/c1-8-5-9(18-3)6-10-11(7-15(2)12(8)10)13(16)14(17)19-4/h5-7H,1-4H3.